The Morgan fingerprint density at radius 3 is 2.65 bits per heavy atom. The number of hydrogen-bond donors (Lipinski definition) is 0. The minimum Gasteiger partial charge on any atom is -0.360 e. The maximum absolute atomic E-state index is 5.62. The molecular weight excluding hydrogens is 248 g/mol. The van der Waals surface area contributed by atoms with Crippen molar-refractivity contribution in [1.82, 2.24) is 10.1 Å². The first kappa shape index (κ1) is 14.8. The lowest BCUT2D eigenvalue weighted by molar-refractivity contribution is 0.277. The SMILES string of the molecule is CCCCCC(C)(CC)c1cc(-c2ccccn2)no1. The van der Waals surface area contributed by atoms with Crippen molar-refractivity contribution in [1.29, 1.82) is 0 Å². The second-order valence-electron chi connectivity index (χ2n) is 5.66. The molecule has 0 aromatic carbocycles. The monoisotopic (exact) mass is 272 g/mol. The standard InChI is InChI=1S/C17H24N2O/c1-4-6-8-11-17(3,5-2)16-13-15(19-20-16)14-10-7-9-12-18-14/h7,9-10,12-13H,4-6,8,11H2,1-3H3. The van der Waals surface area contributed by atoms with Crippen LogP contribution >= 0.6 is 0 Å². The van der Waals surface area contributed by atoms with Crippen LogP contribution in [0.1, 0.15) is 58.6 Å². The number of rotatable bonds is 7. The minimum atomic E-state index is 0.0786. The molecule has 20 heavy (non-hydrogen) atoms. The van der Waals surface area contributed by atoms with Gasteiger partial charge in [0.05, 0.1) is 5.69 Å². The minimum absolute atomic E-state index is 0.0786. The molecule has 0 N–H and O–H groups in total. The van der Waals surface area contributed by atoms with E-state index in [1.54, 1.807) is 6.20 Å². The van der Waals surface area contributed by atoms with Gasteiger partial charge in [-0.3, -0.25) is 4.98 Å². The van der Waals surface area contributed by atoms with Gasteiger partial charge in [0, 0.05) is 17.7 Å². The zero-order valence-electron chi connectivity index (χ0n) is 12.7. The fraction of sp³-hybridized carbons (Fsp3) is 0.529. The predicted molar refractivity (Wildman–Crippen MR) is 81.5 cm³/mol. The number of hydrogen-bond acceptors (Lipinski definition) is 3. The van der Waals surface area contributed by atoms with E-state index >= 15 is 0 Å². The smallest absolute Gasteiger partial charge is 0.143 e. The Balaban J connectivity index is 2.17. The third kappa shape index (κ3) is 3.27. The third-order valence-electron chi connectivity index (χ3n) is 4.14. The van der Waals surface area contributed by atoms with Crippen LogP contribution < -0.4 is 0 Å². The van der Waals surface area contributed by atoms with Crippen LogP contribution in [-0.2, 0) is 5.41 Å². The van der Waals surface area contributed by atoms with Crippen LogP contribution in [0.15, 0.2) is 35.0 Å². The van der Waals surface area contributed by atoms with Gasteiger partial charge in [-0.1, -0.05) is 51.3 Å². The molecule has 0 bridgehead atoms. The summed E-state index contributed by atoms with van der Waals surface area (Å²) in [6, 6.07) is 7.89. The highest BCUT2D eigenvalue weighted by Gasteiger charge is 2.29. The van der Waals surface area contributed by atoms with Crippen LogP contribution in [0.5, 0.6) is 0 Å². The van der Waals surface area contributed by atoms with Crippen molar-refractivity contribution in [3.63, 3.8) is 0 Å². The highest BCUT2D eigenvalue weighted by Crippen LogP contribution is 2.35. The van der Waals surface area contributed by atoms with E-state index in [1.165, 1.54) is 19.3 Å². The number of unbranched alkanes of at least 4 members (excludes halogenated alkanes) is 2. The Morgan fingerprint density at radius 1 is 1.15 bits per heavy atom. The van der Waals surface area contributed by atoms with Crippen molar-refractivity contribution >= 4 is 0 Å². The second kappa shape index (κ2) is 6.69. The van der Waals surface area contributed by atoms with Gasteiger partial charge in [0.25, 0.3) is 0 Å². The summed E-state index contributed by atoms with van der Waals surface area (Å²) in [5, 5.41) is 4.19. The molecule has 1 unspecified atom stereocenters. The van der Waals surface area contributed by atoms with Crippen LogP contribution in [0.2, 0.25) is 0 Å². The molecule has 0 radical (unpaired) electrons. The highest BCUT2D eigenvalue weighted by molar-refractivity contribution is 5.53. The average molecular weight is 272 g/mol. The number of pyridine rings is 1. The van der Waals surface area contributed by atoms with Gasteiger partial charge in [-0.2, -0.15) is 0 Å². The molecular formula is C17H24N2O. The van der Waals surface area contributed by atoms with Crippen molar-refractivity contribution < 1.29 is 4.52 Å². The van der Waals surface area contributed by atoms with E-state index in [4.69, 9.17) is 4.52 Å². The van der Waals surface area contributed by atoms with Gasteiger partial charge in [0.2, 0.25) is 0 Å². The molecule has 0 spiro atoms. The molecule has 0 aliphatic heterocycles. The van der Waals surface area contributed by atoms with E-state index in [1.807, 2.05) is 18.2 Å². The first-order chi connectivity index (χ1) is 9.69. The van der Waals surface area contributed by atoms with E-state index in [2.05, 4.69) is 37.0 Å². The zero-order valence-corrected chi connectivity index (χ0v) is 12.7. The molecule has 0 aliphatic rings. The summed E-state index contributed by atoms with van der Waals surface area (Å²) in [6.45, 7) is 6.72. The Kier molecular flexibility index (Phi) is 4.94. The van der Waals surface area contributed by atoms with Crippen molar-refractivity contribution in [2.45, 2.75) is 58.3 Å². The first-order valence-corrected chi connectivity index (χ1v) is 7.58. The van der Waals surface area contributed by atoms with E-state index in [-0.39, 0.29) is 5.41 Å². The quantitative estimate of drug-likeness (QED) is 0.667. The van der Waals surface area contributed by atoms with Gasteiger partial charge >= 0.3 is 0 Å². The number of aromatic nitrogens is 2. The van der Waals surface area contributed by atoms with Crippen LogP contribution in [0.3, 0.4) is 0 Å². The number of nitrogens with zero attached hydrogens (tertiary/aromatic N) is 2. The van der Waals surface area contributed by atoms with Crippen LogP contribution in [0, 0.1) is 0 Å². The molecule has 3 nitrogen and oxygen atoms in total. The Morgan fingerprint density at radius 2 is 2.00 bits per heavy atom. The van der Waals surface area contributed by atoms with Crippen LogP contribution in [0.4, 0.5) is 0 Å². The molecule has 1 atom stereocenters. The molecule has 0 amide bonds. The van der Waals surface area contributed by atoms with E-state index < -0.39 is 0 Å². The molecule has 0 fully saturated rings. The largest absolute Gasteiger partial charge is 0.360 e. The Bertz CT molecular complexity index is 521. The summed E-state index contributed by atoms with van der Waals surface area (Å²) >= 11 is 0. The normalized spacial score (nSPS) is 14.2. The van der Waals surface area contributed by atoms with Crippen molar-refractivity contribution in [3.05, 3.63) is 36.2 Å². The summed E-state index contributed by atoms with van der Waals surface area (Å²) in [5.41, 5.74) is 1.78. The molecule has 0 saturated heterocycles. The topological polar surface area (TPSA) is 38.9 Å². The summed E-state index contributed by atoms with van der Waals surface area (Å²) in [6.07, 6.45) is 7.75. The summed E-state index contributed by atoms with van der Waals surface area (Å²) in [5.74, 6) is 0.983. The van der Waals surface area contributed by atoms with Gasteiger partial charge in [0.1, 0.15) is 11.5 Å². The molecule has 108 valence electrons. The van der Waals surface area contributed by atoms with E-state index in [0.717, 1.165) is 30.0 Å². The van der Waals surface area contributed by atoms with Gasteiger partial charge in [-0.15, -0.1) is 0 Å². The van der Waals surface area contributed by atoms with Crippen molar-refractivity contribution in [2.75, 3.05) is 0 Å². The maximum Gasteiger partial charge on any atom is 0.143 e. The molecule has 2 rings (SSSR count). The van der Waals surface area contributed by atoms with Gasteiger partial charge < -0.3 is 4.52 Å². The van der Waals surface area contributed by atoms with E-state index in [9.17, 15) is 0 Å². The molecule has 2 heterocycles. The Labute approximate surface area is 121 Å². The average Bonchev–Trinajstić information content (AvgIpc) is 2.99. The predicted octanol–water partition coefficient (Wildman–Crippen LogP) is 4.98. The van der Waals surface area contributed by atoms with E-state index in [0.29, 0.717) is 0 Å². The molecule has 2 aromatic heterocycles. The van der Waals surface area contributed by atoms with Crippen LogP contribution in [-0.4, -0.2) is 10.1 Å². The lowest BCUT2D eigenvalue weighted by Gasteiger charge is -2.24. The fourth-order valence-corrected chi connectivity index (χ4v) is 2.43. The molecule has 0 aliphatic carbocycles. The summed E-state index contributed by atoms with van der Waals surface area (Å²) in [4.78, 5) is 4.32. The van der Waals surface area contributed by atoms with Crippen molar-refractivity contribution in [2.24, 2.45) is 0 Å². The molecule has 0 saturated carbocycles. The fourth-order valence-electron chi connectivity index (χ4n) is 2.43. The van der Waals surface area contributed by atoms with Crippen molar-refractivity contribution in [3.8, 4) is 11.4 Å². The molecule has 2 aromatic rings. The summed E-state index contributed by atoms with van der Waals surface area (Å²) < 4.78 is 5.62. The lowest BCUT2D eigenvalue weighted by atomic mass is 9.79. The van der Waals surface area contributed by atoms with Gasteiger partial charge in [-0.25, -0.2) is 0 Å². The van der Waals surface area contributed by atoms with Gasteiger partial charge in [-0.05, 0) is 25.0 Å². The molecule has 3 heteroatoms. The van der Waals surface area contributed by atoms with Gasteiger partial charge in [0.15, 0.2) is 0 Å². The second-order valence-corrected chi connectivity index (χ2v) is 5.66. The maximum atomic E-state index is 5.62. The Hall–Kier alpha value is -1.64. The lowest BCUT2D eigenvalue weighted by Crippen LogP contribution is -2.20. The third-order valence-corrected chi connectivity index (χ3v) is 4.14. The highest BCUT2D eigenvalue weighted by atomic mass is 16.5. The first-order valence-electron chi connectivity index (χ1n) is 7.58. The zero-order chi connectivity index (χ0) is 14.4. The summed E-state index contributed by atoms with van der Waals surface area (Å²) in [7, 11) is 0. The van der Waals surface area contributed by atoms with Crippen LogP contribution in [0.25, 0.3) is 11.4 Å².